The summed E-state index contributed by atoms with van der Waals surface area (Å²) in [5, 5.41) is 10.6. The molecule has 1 atom stereocenters. The standard InChI is InChI=1S/C13H22N6O3S/c1-17-12(9-15-16-17)23(21,22)19-6-2-3-11(10-19)13(20)18-7-4-14-5-8-18/h9,11,14H,2-8,10H2,1H3. The first-order valence-electron chi connectivity index (χ1n) is 7.84. The lowest BCUT2D eigenvalue weighted by Crippen LogP contribution is -2.52. The van der Waals surface area contributed by atoms with Gasteiger partial charge in [0.05, 0.1) is 12.1 Å². The number of piperazine rings is 1. The molecule has 2 aliphatic heterocycles. The molecule has 0 spiro atoms. The van der Waals surface area contributed by atoms with Crippen LogP contribution in [0.2, 0.25) is 0 Å². The van der Waals surface area contributed by atoms with Crippen molar-refractivity contribution in [3.05, 3.63) is 6.20 Å². The van der Waals surface area contributed by atoms with E-state index in [0.29, 0.717) is 26.1 Å². The van der Waals surface area contributed by atoms with E-state index in [1.165, 1.54) is 15.2 Å². The number of sulfonamides is 1. The fraction of sp³-hybridized carbons (Fsp3) is 0.769. The minimum absolute atomic E-state index is 0.0628. The van der Waals surface area contributed by atoms with Gasteiger partial charge < -0.3 is 10.2 Å². The van der Waals surface area contributed by atoms with Gasteiger partial charge in [-0.25, -0.2) is 13.1 Å². The van der Waals surface area contributed by atoms with Crippen molar-refractivity contribution in [1.29, 1.82) is 0 Å². The minimum Gasteiger partial charge on any atom is -0.340 e. The van der Waals surface area contributed by atoms with Crippen LogP contribution in [0.15, 0.2) is 11.2 Å². The van der Waals surface area contributed by atoms with E-state index in [2.05, 4.69) is 15.6 Å². The zero-order valence-electron chi connectivity index (χ0n) is 13.2. The third-order valence-corrected chi connectivity index (χ3v) is 6.35. The maximum Gasteiger partial charge on any atom is 0.261 e. The van der Waals surface area contributed by atoms with E-state index in [4.69, 9.17) is 0 Å². The summed E-state index contributed by atoms with van der Waals surface area (Å²) in [6, 6.07) is 0. The van der Waals surface area contributed by atoms with E-state index in [9.17, 15) is 13.2 Å². The molecular formula is C13H22N6O3S. The molecule has 1 aromatic heterocycles. The van der Waals surface area contributed by atoms with Gasteiger partial charge in [0.25, 0.3) is 10.0 Å². The number of hydrogen-bond acceptors (Lipinski definition) is 6. The number of hydrogen-bond donors (Lipinski definition) is 1. The second-order valence-corrected chi connectivity index (χ2v) is 7.86. The van der Waals surface area contributed by atoms with Gasteiger partial charge in [-0.1, -0.05) is 5.21 Å². The summed E-state index contributed by atoms with van der Waals surface area (Å²) < 4.78 is 28.0. The Hall–Kier alpha value is -1.52. The van der Waals surface area contributed by atoms with Gasteiger partial charge in [-0.15, -0.1) is 5.10 Å². The zero-order chi connectivity index (χ0) is 16.4. The molecule has 2 fully saturated rings. The second kappa shape index (κ2) is 6.54. The molecule has 3 heterocycles. The van der Waals surface area contributed by atoms with E-state index < -0.39 is 10.0 Å². The number of rotatable bonds is 3. The topological polar surface area (TPSA) is 100 Å². The quantitative estimate of drug-likeness (QED) is 0.729. The molecule has 1 amide bonds. The molecule has 0 aliphatic carbocycles. The number of amides is 1. The third kappa shape index (κ3) is 3.24. The smallest absolute Gasteiger partial charge is 0.261 e. The van der Waals surface area contributed by atoms with Crippen molar-refractivity contribution in [1.82, 2.24) is 29.5 Å². The average molecular weight is 342 g/mol. The molecular weight excluding hydrogens is 320 g/mol. The Labute approximate surface area is 135 Å². The molecule has 1 N–H and O–H groups in total. The van der Waals surface area contributed by atoms with Crippen molar-refractivity contribution >= 4 is 15.9 Å². The largest absolute Gasteiger partial charge is 0.340 e. The Morgan fingerprint density at radius 2 is 2.04 bits per heavy atom. The lowest BCUT2D eigenvalue weighted by Gasteiger charge is -2.35. The van der Waals surface area contributed by atoms with Crippen LogP contribution < -0.4 is 5.32 Å². The van der Waals surface area contributed by atoms with Crippen LogP contribution >= 0.6 is 0 Å². The van der Waals surface area contributed by atoms with Crippen LogP contribution in [0.1, 0.15) is 12.8 Å². The van der Waals surface area contributed by atoms with Crippen LogP contribution in [0.4, 0.5) is 0 Å². The van der Waals surface area contributed by atoms with Crippen molar-refractivity contribution in [2.75, 3.05) is 39.3 Å². The van der Waals surface area contributed by atoms with Crippen LogP contribution in [-0.4, -0.2) is 77.8 Å². The molecule has 2 aliphatic rings. The number of carbonyl (C=O) groups is 1. The highest BCUT2D eigenvalue weighted by atomic mass is 32.2. The van der Waals surface area contributed by atoms with Gasteiger partial charge in [0.1, 0.15) is 0 Å². The SMILES string of the molecule is Cn1nncc1S(=O)(=O)N1CCCC(C(=O)N2CCNCC2)C1. The Bertz CT molecular complexity index is 667. The summed E-state index contributed by atoms with van der Waals surface area (Å²) in [7, 11) is -2.11. The van der Waals surface area contributed by atoms with E-state index in [0.717, 1.165) is 19.5 Å². The molecule has 23 heavy (non-hydrogen) atoms. The van der Waals surface area contributed by atoms with Gasteiger partial charge in [0.15, 0.2) is 5.03 Å². The molecule has 0 saturated carbocycles. The number of aromatic nitrogens is 3. The Morgan fingerprint density at radius 3 is 2.70 bits per heavy atom. The van der Waals surface area contributed by atoms with Gasteiger partial charge in [-0.2, -0.15) is 4.31 Å². The second-order valence-electron chi connectivity index (χ2n) is 5.97. The van der Waals surface area contributed by atoms with Crippen molar-refractivity contribution in [3.8, 4) is 0 Å². The van der Waals surface area contributed by atoms with Gasteiger partial charge in [-0.3, -0.25) is 4.79 Å². The summed E-state index contributed by atoms with van der Waals surface area (Å²) in [5.74, 6) is -0.202. The summed E-state index contributed by atoms with van der Waals surface area (Å²) in [4.78, 5) is 14.5. The number of piperidine rings is 1. The summed E-state index contributed by atoms with van der Waals surface area (Å²) in [5.41, 5.74) is 0. The first-order chi connectivity index (χ1) is 11.0. The fourth-order valence-electron chi connectivity index (χ4n) is 3.15. The van der Waals surface area contributed by atoms with E-state index in [1.54, 1.807) is 7.05 Å². The maximum atomic E-state index is 12.7. The molecule has 128 valence electrons. The van der Waals surface area contributed by atoms with Crippen molar-refractivity contribution in [2.24, 2.45) is 13.0 Å². The highest BCUT2D eigenvalue weighted by molar-refractivity contribution is 7.89. The first kappa shape index (κ1) is 16.3. The lowest BCUT2D eigenvalue weighted by atomic mass is 9.98. The van der Waals surface area contributed by atoms with Crippen LogP contribution in [0.25, 0.3) is 0 Å². The van der Waals surface area contributed by atoms with Gasteiger partial charge in [-0.05, 0) is 12.8 Å². The molecule has 3 rings (SSSR count). The third-order valence-electron chi connectivity index (χ3n) is 4.44. The number of aryl methyl sites for hydroxylation is 1. The Kier molecular flexibility index (Phi) is 4.64. The number of nitrogens with zero attached hydrogens (tertiary/aromatic N) is 5. The molecule has 9 nitrogen and oxygen atoms in total. The predicted octanol–water partition coefficient (Wildman–Crippen LogP) is -1.35. The minimum atomic E-state index is -3.66. The fourth-order valence-corrected chi connectivity index (χ4v) is 4.71. The molecule has 0 bridgehead atoms. The van der Waals surface area contributed by atoms with Crippen molar-refractivity contribution in [2.45, 2.75) is 17.9 Å². The monoisotopic (exact) mass is 342 g/mol. The van der Waals surface area contributed by atoms with E-state index in [1.807, 2.05) is 4.90 Å². The first-order valence-corrected chi connectivity index (χ1v) is 9.28. The number of nitrogens with one attached hydrogen (secondary N) is 1. The van der Waals surface area contributed by atoms with E-state index >= 15 is 0 Å². The van der Waals surface area contributed by atoms with Crippen LogP contribution in [0.5, 0.6) is 0 Å². The van der Waals surface area contributed by atoms with Crippen LogP contribution in [0.3, 0.4) is 0 Å². The van der Waals surface area contributed by atoms with Gasteiger partial charge >= 0.3 is 0 Å². The predicted molar refractivity (Wildman–Crippen MR) is 81.9 cm³/mol. The highest BCUT2D eigenvalue weighted by Gasteiger charge is 2.36. The van der Waals surface area contributed by atoms with Gasteiger partial charge in [0.2, 0.25) is 5.91 Å². The number of carbonyl (C=O) groups excluding carboxylic acids is 1. The van der Waals surface area contributed by atoms with Crippen LogP contribution in [-0.2, 0) is 21.9 Å². The molecule has 1 aromatic rings. The van der Waals surface area contributed by atoms with Gasteiger partial charge in [0, 0.05) is 46.3 Å². The Balaban J connectivity index is 1.73. The summed E-state index contributed by atoms with van der Waals surface area (Å²) in [6.45, 7) is 3.62. The van der Waals surface area contributed by atoms with Crippen molar-refractivity contribution < 1.29 is 13.2 Å². The molecule has 0 aromatic carbocycles. The lowest BCUT2D eigenvalue weighted by molar-refractivity contribution is -0.137. The summed E-state index contributed by atoms with van der Waals surface area (Å²) >= 11 is 0. The normalized spacial score (nSPS) is 23.9. The zero-order valence-corrected chi connectivity index (χ0v) is 14.0. The Morgan fingerprint density at radius 1 is 1.30 bits per heavy atom. The van der Waals surface area contributed by atoms with Crippen molar-refractivity contribution in [3.63, 3.8) is 0 Å². The highest BCUT2D eigenvalue weighted by Crippen LogP contribution is 2.24. The summed E-state index contributed by atoms with van der Waals surface area (Å²) in [6.07, 6.45) is 2.67. The van der Waals surface area contributed by atoms with Crippen LogP contribution in [0, 0.1) is 5.92 Å². The average Bonchev–Trinajstić information content (AvgIpc) is 3.02. The maximum absolute atomic E-state index is 12.7. The molecule has 2 saturated heterocycles. The molecule has 0 radical (unpaired) electrons. The van der Waals surface area contributed by atoms with E-state index in [-0.39, 0.29) is 23.4 Å². The molecule has 1 unspecified atom stereocenters. The molecule has 10 heteroatoms.